The first kappa shape index (κ1) is 23.0. The number of nitrogens with one attached hydrogen (secondary N) is 2. The first-order chi connectivity index (χ1) is 12.6. The van der Waals surface area contributed by atoms with Crippen LogP contribution >= 0.6 is 47.2 Å². The lowest BCUT2D eigenvalue weighted by atomic mass is 10.1. The van der Waals surface area contributed by atoms with Crippen molar-refractivity contribution in [2.75, 3.05) is 32.8 Å². The molecule has 5 nitrogen and oxygen atoms in total. The van der Waals surface area contributed by atoms with Gasteiger partial charge in [0.15, 0.2) is 5.96 Å². The van der Waals surface area contributed by atoms with Gasteiger partial charge in [-0.3, -0.25) is 9.89 Å². The number of halogens is 3. The number of guanidine groups is 1. The van der Waals surface area contributed by atoms with Gasteiger partial charge in [-0.1, -0.05) is 29.3 Å². The molecule has 0 spiro atoms. The lowest BCUT2D eigenvalue weighted by Gasteiger charge is -2.34. The van der Waals surface area contributed by atoms with E-state index in [9.17, 15) is 0 Å². The molecule has 0 saturated carbocycles. The van der Waals surface area contributed by atoms with E-state index in [0.29, 0.717) is 22.6 Å². The quantitative estimate of drug-likeness (QED) is 0.344. The van der Waals surface area contributed by atoms with Crippen LogP contribution in [-0.4, -0.2) is 55.8 Å². The molecule has 1 aromatic carbocycles. The van der Waals surface area contributed by atoms with Gasteiger partial charge in [0.1, 0.15) is 0 Å². The van der Waals surface area contributed by atoms with E-state index in [4.69, 9.17) is 32.9 Å². The number of aliphatic imine (C=N–C) groups is 1. The molecule has 2 N–H and O–H groups in total. The molecule has 152 valence electrons. The molecule has 3 atom stereocenters. The summed E-state index contributed by atoms with van der Waals surface area (Å²) < 4.78 is 6.00. The fourth-order valence-corrected chi connectivity index (χ4v) is 4.22. The molecule has 0 amide bonds. The summed E-state index contributed by atoms with van der Waals surface area (Å²) in [6.45, 7) is 8.58. The molecule has 3 unspecified atom stereocenters. The molecule has 8 heteroatoms. The molecule has 0 bridgehead atoms. The Morgan fingerprint density at radius 2 is 2.22 bits per heavy atom. The zero-order valence-electron chi connectivity index (χ0n) is 15.9. The highest BCUT2D eigenvalue weighted by atomic mass is 127. The fourth-order valence-electron chi connectivity index (χ4n) is 3.64. The minimum atomic E-state index is 0. The average Bonchev–Trinajstić information content (AvgIpc) is 3.07. The Bertz CT molecular complexity index is 646. The highest BCUT2D eigenvalue weighted by Gasteiger charge is 2.32. The monoisotopic (exact) mass is 526 g/mol. The van der Waals surface area contributed by atoms with Crippen LogP contribution in [0.5, 0.6) is 0 Å². The van der Waals surface area contributed by atoms with Crippen molar-refractivity contribution in [2.45, 2.75) is 44.9 Å². The Hall–Kier alpha value is -0.280. The molecular weight excluding hydrogens is 498 g/mol. The van der Waals surface area contributed by atoms with Crippen LogP contribution in [0.15, 0.2) is 23.2 Å². The number of fused-ring (bicyclic) bond motifs is 1. The smallest absolute Gasteiger partial charge is 0.191 e. The molecule has 27 heavy (non-hydrogen) atoms. The summed E-state index contributed by atoms with van der Waals surface area (Å²) in [6, 6.07) is 6.21. The molecule has 0 radical (unpaired) electrons. The van der Waals surface area contributed by atoms with Crippen molar-refractivity contribution in [1.29, 1.82) is 0 Å². The topological polar surface area (TPSA) is 48.9 Å². The zero-order chi connectivity index (χ0) is 18.5. The lowest BCUT2D eigenvalue weighted by Crippen LogP contribution is -2.47. The molecule has 3 rings (SSSR count). The Kier molecular flexibility index (Phi) is 9.41. The van der Waals surface area contributed by atoms with Crippen molar-refractivity contribution in [3.05, 3.63) is 33.8 Å². The summed E-state index contributed by atoms with van der Waals surface area (Å²) in [5, 5.41) is 8.02. The van der Waals surface area contributed by atoms with Crippen LogP contribution in [0.4, 0.5) is 0 Å². The van der Waals surface area contributed by atoms with Crippen molar-refractivity contribution in [3.63, 3.8) is 0 Å². The zero-order valence-corrected chi connectivity index (χ0v) is 19.7. The Morgan fingerprint density at radius 3 is 2.96 bits per heavy atom. The average molecular weight is 527 g/mol. The van der Waals surface area contributed by atoms with E-state index < -0.39 is 0 Å². The standard InChI is InChI=1S/C19H28Cl2N4O.HI/c1-3-22-19(24-13(2)17-7-6-14(20)9-18(17)21)23-10-16-11-25-8-4-5-15(25)12-26-16;/h6-7,9,13,15-16H,3-5,8,10-12H2,1-2H3,(H2,22,23,24);1H. The number of hydrogen-bond donors (Lipinski definition) is 2. The van der Waals surface area contributed by atoms with Crippen LogP contribution < -0.4 is 10.6 Å². The van der Waals surface area contributed by atoms with Crippen molar-refractivity contribution < 1.29 is 4.74 Å². The third-order valence-corrected chi connectivity index (χ3v) is 5.60. The first-order valence-corrected chi connectivity index (χ1v) is 10.2. The highest BCUT2D eigenvalue weighted by Crippen LogP contribution is 2.26. The normalized spacial score (nSPS) is 24.1. The van der Waals surface area contributed by atoms with Gasteiger partial charge in [0.05, 0.1) is 25.3 Å². The minimum Gasteiger partial charge on any atom is -0.373 e. The van der Waals surface area contributed by atoms with Crippen molar-refractivity contribution in [2.24, 2.45) is 4.99 Å². The second-order valence-corrected chi connectivity index (χ2v) is 7.84. The Labute approximate surface area is 189 Å². The second-order valence-electron chi connectivity index (χ2n) is 7.00. The van der Waals surface area contributed by atoms with E-state index in [1.165, 1.54) is 19.4 Å². The lowest BCUT2D eigenvalue weighted by molar-refractivity contribution is -0.0432. The van der Waals surface area contributed by atoms with Crippen molar-refractivity contribution in [3.8, 4) is 0 Å². The first-order valence-electron chi connectivity index (χ1n) is 9.42. The summed E-state index contributed by atoms with van der Waals surface area (Å²) in [5.74, 6) is 0.776. The summed E-state index contributed by atoms with van der Waals surface area (Å²) in [4.78, 5) is 7.28. The van der Waals surface area contributed by atoms with E-state index in [2.05, 4.69) is 29.4 Å². The number of nitrogens with zero attached hydrogens (tertiary/aromatic N) is 2. The Balaban J connectivity index is 0.00000261. The number of morpholine rings is 1. The van der Waals surface area contributed by atoms with Gasteiger partial charge < -0.3 is 15.4 Å². The van der Waals surface area contributed by atoms with Gasteiger partial charge in [0, 0.05) is 29.2 Å². The van der Waals surface area contributed by atoms with E-state index >= 15 is 0 Å². The van der Waals surface area contributed by atoms with Gasteiger partial charge >= 0.3 is 0 Å². The molecular formula is C19H29Cl2IN4O. The minimum absolute atomic E-state index is 0. The summed E-state index contributed by atoms with van der Waals surface area (Å²) >= 11 is 12.3. The summed E-state index contributed by atoms with van der Waals surface area (Å²) in [5.41, 5.74) is 0.996. The molecule has 0 aromatic heterocycles. The number of rotatable bonds is 5. The summed E-state index contributed by atoms with van der Waals surface area (Å²) in [7, 11) is 0. The third kappa shape index (κ3) is 6.35. The third-order valence-electron chi connectivity index (χ3n) is 5.04. The fraction of sp³-hybridized carbons (Fsp3) is 0.632. The predicted octanol–water partition coefficient (Wildman–Crippen LogP) is 4.09. The van der Waals surface area contributed by atoms with Crippen molar-refractivity contribution >= 4 is 53.1 Å². The largest absolute Gasteiger partial charge is 0.373 e. The highest BCUT2D eigenvalue weighted by molar-refractivity contribution is 14.0. The van der Waals surface area contributed by atoms with E-state index in [-0.39, 0.29) is 36.1 Å². The molecule has 2 aliphatic heterocycles. The maximum atomic E-state index is 6.33. The van der Waals surface area contributed by atoms with E-state index in [1.54, 1.807) is 6.07 Å². The predicted molar refractivity (Wildman–Crippen MR) is 124 cm³/mol. The molecule has 2 heterocycles. The van der Waals surface area contributed by atoms with Crippen molar-refractivity contribution in [1.82, 2.24) is 15.5 Å². The summed E-state index contributed by atoms with van der Waals surface area (Å²) in [6.07, 6.45) is 2.71. The molecule has 1 aromatic rings. The number of ether oxygens (including phenoxy) is 1. The van der Waals surface area contributed by atoms with Gasteiger partial charge in [0.25, 0.3) is 0 Å². The van der Waals surface area contributed by atoms with E-state index in [0.717, 1.165) is 31.2 Å². The number of hydrogen-bond acceptors (Lipinski definition) is 3. The SMILES string of the molecule is CCNC(=NCC1CN2CCCC2CO1)NC(C)c1ccc(Cl)cc1Cl.I. The molecule has 0 aliphatic carbocycles. The van der Waals surface area contributed by atoms with Crippen LogP contribution in [0.3, 0.4) is 0 Å². The Morgan fingerprint density at radius 1 is 1.41 bits per heavy atom. The van der Waals surface area contributed by atoms with Gasteiger partial charge in [0.2, 0.25) is 0 Å². The molecule has 2 saturated heterocycles. The maximum Gasteiger partial charge on any atom is 0.191 e. The van der Waals surface area contributed by atoms with Gasteiger partial charge in [-0.2, -0.15) is 0 Å². The second kappa shape index (κ2) is 11.0. The van der Waals surface area contributed by atoms with Crippen LogP contribution in [0.2, 0.25) is 10.0 Å². The number of benzene rings is 1. The van der Waals surface area contributed by atoms with Crippen LogP contribution in [0.1, 0.15) is 38.3 Å². The van der Waals surface area contributed by atoms with Crippen LogP contribution in [0.25, 0.3) is 0 Å². The van der Waals surface area contributed by atoms with E-state index in [1.807, 2.05) is 12.1 Å². The van der Waals surface area contributed by atoms with Crippen LogP contribution in [-0.2, 0) is 4.74 Å². The maximum absolute atomic E-state index is 6.33. The molecule has 2 aliphatic rings. The van der Waals surface area contributed by atoms with Gasteiger partial charge in [-0.15, -0.1) is 24.0 Å². The van der Waals surface area contributed by atoms with Gasteiger partial charge in [-0.25, -0.2) is 0 Å². The van der Waals surface area contributed by atoms with Gasteiger partial charge in [-0.05, 0) is 50.9 Å². The van der Waals surface area contributed by atoms with Crippen LogP contribution in [0, 0.1) is 0 Å². The molecule has 2 fully saturated rings.